The van der Waals surface area contributed by atoms with Crippen LogP contribution in [-0.4, -0.2) is 26.2 Å². The second-order valence-corrected chi connectivity index (χ2v) is 5.48. The minimum Gasteiger partial charge on any atom is -0.308 e. The molecule has 2 aromatic carbocycles. The van der Waals surface area contributed by atoms with E-state index in [9.17, 15) is 9.18 Å². The Morgan fingerprint density at radius 2 is 1.77 bits per heavy atom. The van der Waals surface area contributed by atoms with Crippen LogP contribution in [0.15, 0.2) is 60.8 Å². The predicted molar refractivity (Wildman–Crippen MR) is 96.2 cm³/mol. The van der Waals surface area contributed by atoms with Crippen LogP contribution in [0.1, 0.15) is 0 Å². The molecule has 4 rings (SSSR count). The first kappa shape index (κ1) is 15.7. The maximum atomic E-state index is 12.9. The third-order valence-corrected chi connectivity index (χ3v) is 3.67. The summed E-state index contributed by atoms with van der Waals surface area (Å²) in [6.45, 7) is 0. The molecule has 0 aliphatic heterocycles. The largest absolute Gasteiger partial charge is 0.324 e. The van der Waals surface area contributed by atoms with E-state index < -0.39 is 6.03 Å². The molecule has 3 N–H and O–H groups in total. The van der Waals surface area contributed by atoms with Crippen molar-refractivity contribution in [2.75, 3.05) is 10.6 Å². The lowest BCUT2D eigenvalue weighted by molar-refractivity contribution is 0.262. The number of carbonyl (C=O) groups is 1. The molecule has 0 saturated carbocycles. The van der Waals surface area contributed by atoms with Crippen molar-refractivity contribution in [3.63, 3.8) is 0 Å². The van der Waals surface area contributed by atoms with Crippen molar-refractivity contribution < 1.29 is 9.18 Å². The van der Waals surface area contributed by atoms with Crippen LogP contribution in [0, 0.1) is 5.82 Å². The van der Waals surface area contributed by atoms with E-state index in [0.29, 0.717) is 28.4 Å². The number of hydrogen-bond donors (Lipinski definition) is 3. The number of rotatable bonds is 3. The molecule has 26 heavy (non-hydrogen) atoms. The van der Waals surface area contributed by atoms with E-state index in [0.717, 1.165) is 5.56 Å². The molecule has 0 atom stereocenters. The molecule has 0 radical (unpaired) electrons. The summed E-state index contributed by atoms with van der Waals surface area (Å²) in [5.74, 6) is -0.0517. The molecule has 128 valence electrons. The first-order valence-corrected chi connectivity index (χ1v) is 7.79. The SMILES string of the molecule is O=C(Nc1ccc(F)cc1)Nc1[nH]nc2ncc(-c3ccccc3)nc12. The number of benzene rings is 2. The molecule has 0 aliphatic rings. The van der Waals surface area contributed by atoms with E-state index in [4.69, 9.17) is 0 Å². The van der Waals surface area contributed by atoms with Crippen LogP contribution < -0.4 is 10.6 Å². The second kappa shape index (κ2) is 6.60. The standard InChI is InChI=1S/C18H13FN6O/c19-12-6-8-13(9-7-12)21-18(26)23-17-15-16(24-25-17)20-10-14(22-15)11-4-2-1-3-5-11/h1-10H,(H3,20,21,23,24,25,26). The van der Waals surface area contributed by atoms with E-state index in [1.165, 1.54) is 24.3 Å². The van der Waals surface area contributed by atoms with Crippen molar-refractivity contribution in [3.8, 4) is 11.3 Å². The van der Waals surface area contributed by atoms with Gasteiger partial charge >= 0.3 is 6.03 Å². The molecular weight excluding hydrogens is 335 g/mol. The van der Waals surface area contributed by atoms with Gasteiger partial charge in [0.1, 0.15) is 5.82 Å². The maximum absolute atomic E-state index is 12.9. The molecule has 4 aromatic rings. The molecule has 8 heteroatoms. The lowest BCUT2D eigenvalue weighted by Gasteiger charge is -2.06. The van der Waals surface area contributed by atoms with Gasteiger partial charge in [0.05, 0.1) is 11.9 Å². The van der Waals surface area contributed by atoms with Crippen LogP contribution >= 0.6 is 0 Å². The summed E-state index contributed by atoms with van der Waals surface area (Å²) in [5, 5.41) is 12.0. The first-order chi connectivity index (χ1) is 12.7. The number of aromatic amines is 1. The van der Waals surface area contributed by atoms with Crippen molar-refractivity contribution in [2.45, 2.75) is 0 Å². The first-order valence-electron chi connectivity index (χ1n) is 7.79. The Labute approximate surface area is 147 Å². The van der Waals surface area contributed by atoms with Gasteiger partial charge in [-0.05, 0) is 24.3 Å². The maximum Gasteiger partial charge on any atom is 0.324 e. The number of aromatic nitrogens is 4. The van der Waals surface area contributed by atoms with E-state index in [1.807, 2.05) is 30.3 Å². The summed E-state index contributed by atoms with van der Waals surface area (Å²) < 4.78 is 12.9. The summed E-state index contributed by atoms with van der Waals surface area (Å²) in [7, 11) is 0. The highest BCUT2D eigenvalue weighted by atomic mass is 19.1. The molecule has 0 aliphatic carbocycles. The lowest BCUT2D eigenvalue weighted by Crippen LogP contribution is -2.19. The van der Waals surface area contributed by atoms with Gasteiger partial charge in [0.15, 0.2) is 11.3 Å². The Balaban J connectivity index is 1.58. The zero-order chi connectivity index (χ0) is 17.9. The number of fused-ring (bicyclic) bond motifs is 1. The van der Waals surface area contributed by atoms with Crippen LogP contribution in [0.2, 0.25) is 0 Å². The number of carbonyl (C=O) groups excluding carboxylic acids is 1. The molecule has 0 unspecified atom stereocenters. The van der Waals surface area contributed by atoms with E-state index in [-0.39, 0.29) is 5.82 Å². The van der Waals surface area contributed by atoms with Crippen LogP contribution in [-0.2, 0) is 0 Å². The highest BCUT2D eigenvalue weighted by Crippen LogP contribution is 2.22. The van der Waals surface area contributed by atoms with Crippen LogP contribution in [0.3, 0.4) is 0 Å². The highest BCUT2D eigenvalue weighted by Gasteiger charge is 2.13. The van der Waals surface area contributed by atoms with Crippen molar-refractivity contribution >= 4 is 28.7 Å². The molecule has 2 heterocycles. The van der Waals surface area contributed by atoms with Gasteiger partial charge in [-0.15, -0.1) is 0 Å². The number of anilines is 2. The van der Waals surface area contributed by atoms with Crippen molar-refractivity contribution in [1.29, 1.82) is 0 Å². The highest BCUT2D eigenvalue weighted by molar-refractivity contribution is 6.03. The number of nitrogens with zero attached hydrogens (tertiary/aromatic N) is 3. The Bertz CT molecular complexity index is 1060. The van der Waals surface area contributed by atoms with E-state index in [1.54, 1.807) is 6.20 Å². The van der Waals surface area contributed by atoms with E-state index >= 15 is 0 Å². The number of halogens is 1. The topological polar surface area (TPSA) is 95.6 Å². The molecule has 0 fully saturated rings. The Morgan fingerprint density at radius 3 is 2.54 bits per heavy atom. The number of hydrogen-bond acceptors (Lipinski definition) is 4. The Morgan fingerprint density at radius 1 is 1.00 bits per heavy atom. The second-order valence-electron chi connectivity index (χ2n) is 5.48. The quantitative estimate of drug-likeness (QED) is 0.525. The van der Waals surface area contributed by atoms with Gasteiger partial charge in [-0.25, -0.2) is 19.2 Å². The zero-order valence-corrected chi connectivity index (χ0v) is 13.4. The van der Waals surface area contributed by atoms with Crippen molar-refractivity contribution in [3.05, 3.63) is 66.6 Å². The Kier molecular flexibility index (Phi) is 3.98. The molecule has 2 amide bonds. The van der Waals surface area contributed by atoms with Gasteiger partial charge in [-0.1, -0.05) is 30.3 Å². The molecule has 2 aromatic heterocycles. The normalized spacial score (nSPS) is 10.7. The van der Waals surface area contributed by atoms with Crippen LogP contribution in [0.4, 0.5) is 20.7 Å². The number of H-pyrrole nitrogens is 1. The van der Waals surface area contributed by atoms with Gasteiger partial charge < -0.3 is 5.32 Å². The summed E-state index contributed by atoms with van der Waals surface area (Å²) in [5.41, 5.74) is 2.87. The predicted octanol–water partition coefficient (Wildman–Crippen LogP) is 3.80. The van der Waals surface area contributed by atoms with Gasteiger partial charge in [-0.2, -0.15) is 5.10 Å². The van der Waals surface area contributed by atoms with Gasteiger partial charge in [0.2, 0.25) is 5.65 Å². The average Bonchev–Trinajstić information content (AvgIpc) is 3.06. The fourth-order valence-corrected chi connectivity index (χ4v) is 2.44. The molecule has 0 bridgehead atoms. The monoisotopic (exact) mass is 348 g/mol. The zero-order valence-electron chi connectivity index (χ0n) is 13.4. The molecule has 0 spiro atoms. The smallest absolute Gasteiger partial charge is 0.308 e. The lowest BCUT2D eigenvalue weighted by atomic mass is 10.2. The van der Waals surface area contributed by atoms with Gasteiger partial charge in [0.25, 0.3) is 0 Å². The fourth-order valence-electron chi connectivity index (χ4n) is 2.44. The van der Waals surface area contributed by atoms with E-state index in [2.05, 4.69) is 30.8 Å². The summed E-state index contributed by atoms with van der Waals surface area (Å²) in [6, 6.07) is 14.5. The fraction of sp³-hybridized carbons (Fsp3) is 0. The molecule has 0 saturated heterocycles. The van der Waals surface area contributed by atoms with Gasteiger partial charge in [-0.3, -0.25) is 10.4 Å². The average molecular weight is 348 g/mol. The van der Waals surface area contributed by atoms with Crippen LogP contribution in [0.5, 0.6) is 0 Å². The third kappa shape index (κ3) is 3.20. The number of amides is 2. The molecular formula is C18H13FN6O. The summed E-state index contributed by atoms with van der Waals surface area (Å²) in [6.07, 6.45) is 1.63. The Hall–Kier alpha value is -3.81. The third-order valence-electron chi connectivity index (χ3n) is 3.67. The summed E-state index contributed by atoms with van der Waals surface area (Å²) in [4.78, 5) is 20.9. The minimum atomic E-state index is -0.505. The summed E-state index contributed by atoms with van der Waals surface area (Å²) >= 11 is 0. The molecule has 7 nitrogen and oxygen atoms in total. The number of nitrogens with one attached hydrogen (secondary N) is 3. The minimum absolute atomic E-state index is 0.324. The van der Waals surface area contributed by atoms with Gasteiger partial charge in [0, 0.05) is 11.3 Å². The van der Waals surface area contributed by atoms with Crippen molar-refractivity contribution in [2.24, 2.45) is 0 Å². The van der Waals surface area contributed by atoms with Crippen molar-refractivity contribution in [1.82, 2.24) is 20.2 Å². The number of urea groups is 1. The van der Waals surface area contributed by atoms with Crippen LogP contribution in [0.25, 0.3) is 22.4 Å².